The van der Waals surface area contributed by atoms with Gasteiger partial charge in [-0.25, -0.2) is 0 Å². The van der Waals surface area contributed by atoms with E-state index in [4.69, 9.17) is 5.73 Å². The lowest BCUT2D eigenvalue weighted by Crippen LogP contribution is -2.23. The van der Waals surface area contributed by atoms with Crippen molar-refractivity contribution in [1.82, 2.24) is 5.43 Å². The van der Waals surface area contributed by atoms with Gasteiger partial charge in [0, 0.05) is 0 Å². The summed E-state index contributed by atoms with van der Waals surface area (Å²) in [7, 11) is 0. The highest BCUT2D eigenvalue weighted by molar-refractivity contribution is 14.1. The molecule has 0 amide bonds. The third-order valence-corrected chi connectivity index (χ3v) is 3.16. The van der Waals surface area contributed by atoms with E-state index in [1.54, 1.807) is 6.21 Å². The molecule has 15 heavy (non-hydrogen) atoms. The molecule has 0 unspecified atom stereocenters. The van der Waals surface area contributed by atoms with E-state index in [-0.39, 0.29) is 10.9 Å². The fourth-order valence-corrected chi connectivity index (χ4v) is 2.70. The number of halogens is 2. The fourth-order valence-electron chi connectivity index (χ4n) is 0.830. The van der Waals surface area contributed by atoms with Crippen molar-refractivity contribution in [1.29, 1.82) is 0 Å². The zero-order chi connectivity index (χ0) is 11.4. The van der Waals surface area contributed by atoms with E-state index < -0.39 is 0 Å². The van der Waals surface area contributed by atoms with Crippen molar-refractivity contribution in [2.75, 3.05) is 0 Å². The Balaban J connectivity index is 2.87. The van der Waals surface area contributed by atoms with Gasteiger partial charge >= 0.3 is 0 Å². The molecule has 0 aliphatic rings. The van der Waals surface area contributed by atoms with Gasteiger partial charge in [0.1, 0.15) is 5.75 Å². The van der Waals surface area contributed by atoms with Crippen LogP contribution in [0.4, 0.5) is 0 Å². The summed E-state index contributed by atoms with van der Waals surface area (Å²) in [4.78, 5) is 0. The van der Waals surface area contributed by atoms with Gasteiger partial charge in [0.15, 0.2) is 5.11 Å². The third kappa shape index (κ3) is 4.07. The molecule has 7 heteroatoms. The van der Waals surface area contributed by atoms with Gasteiger partial charge in [-0.05, 0) is 75.1 Å². The molecule has 1 aromatic carbocycles. The molecule has 0 heterocycles. The smallest absolute Gasteiger partial charge is 0.184 e. The maximum atomic E-state index is 9.53. The van der Waals surface area contributed by atoms with Crippen LogP contribution in [0.2, 0.25) is 0 Å². The quantitative estimate of drug-likeness (QED) is 0.280. The first-order valence-electron chi connectivity index (χ1n) is 3.77. The zero-order valence-electron chi connectivity index (χ0n) is 7.37. The first-order chi connectivity index (χ1) is 7.00. The van der Waals surface area contributed by atoms with Gasteiger partial charge in [-0.3, -0.25) is 5.43 Å². The van der Waals surface area contributed by atoms with Crippen LogP contribution in [0.25, 0.3) is 0 Å². The van der Waals surface area contributed by atoms with E-state index >= 15 is 0 Å². The highest BCUT2D eigenvalue weighted by atomic mass is 127. The molecule has 1 aromatic rings. The fraction of sp³-hybridized carbons (Fsp3) is 0. The van der Waals surface area contributed by atoms with Crippen LogP contribution < -0.4 is 11.2 Å². The number of thiocarbonyl (C=S) groups is 1. The number of rotatable bonds is 2. The molecule has 0 aromatic heterocycles. The molecule has 4 nitrogen and oxygen atoms in total. The molecule has 0 radical (unpaired) electrons. The molecule has 0 bridgehead atoms. The van der Waals surface area contributed by atoms with Crippen molar-refractivity contribution in [2.45, 2.75) is 0 Å². The van der Waals surface area contributed by atoms with Gasteiger partial charge in [-0.15, -0.1) is 0 Å². The predicted molar refractivity (Wildman–Crippen MR) is 81.1 cm³/mol. The van der Waals surface area contributed by atoms with Crippen LogP contribution in [-0.2, 0) is 0 Å². The maximum absolute atomic E-state index is 9.53. The number of hydrazone groups is 1. The third-order valence-electron chi connectivity index (χ3n) is 1.43. The van der Waals surface area contributed by atoms with Crippen LogP contribution in [0.15, 0.2) is 17.2 Å². The van der Waals surface area contributed by atoms with Crippen molar-refractivity contribution in [3.8, 4) is 5.75 Å². The molecular weight excluding hydrogens is 440 g/mol. The van der Waals surface area contributed by atoms with E-state index in [1.807, 2.05) is 12.1 Å². The molecule has 4 N–H and O–H groups in total. The predicted octanol–water partition coefficient (Wildman–Crippen LogP) is 1.77. The molecule has 0 spiro atoms. The number of phenolic OH excluding ortho intramolecular Hbond substituents is 1. The number of phenols is 1. The minimum atomic E-state index is 0.120. The van der Waals surface area contributed by atoms with Crippen LogP contribution in [0, 0.1) is 7.14 Å². The minimum absolute atomic E-state index is 0.120. The van der Waals surface area contributed by atoms with E-state index in [0.717, 1.165) is 12.7 Å². The topological polar surface area (TPSA) is 70.6 Å². The summed E-state index contributed by atoms with van der Waals surface area (Å²) >= 11 is 8.70. The summed E-state index contributed by atoms with van der Waals surface area (Å²) < 4.78 is 1.55. The largest absolute Gasteiger partial charge is 0.506 e. The minimum Gasteiger partial charge on any atom is -0.506 e. The first kappa shape index (κ1) is 12.9. The Kier molecular flexibility index (Phi) is 4.99. The molecular formula is C8H7I2N3OS. The molecule has 1 rings (SSSR count). The SMILES string of the molecule is NC(=S)N/N=C\c1cc(I)c(O)c(I)c1. The van der Waals surface area contributed by atoms with Crippen molar-refractivity contribution < 1.29 is 5.11 Å². The lowest BCUT2D eigenvalue weighted by molar-refractivity contribution is 0.467. The highest BCUT2D eigenvalue weighted by Crippen LogP contribution is 2.26. The summed E-state index contributed by atoms with van der Waals surface area (Å²) in [6.45, 7) is 0. The van der Waals surface area contributed by atoms with Crippen LogP contribution in [-0.4, -0.2) is 16.4 Å². The van der Waals surface area contributed by atoms with Crippen molar-refractivity contribution in [3.05, 3.63) is 24.8 Å². The normalized spacial score (nSPS) is 10.5. The number of nitrogens with one attached hydrogen (secondary N) is 1. The van der Waals surface area contributed by atoms with Crippen molar-refractivity contribution in [2.24, 2.45) is 10.8 Å². The number of nitrogens with two attached hydrogens (primary N) is 1. The Morgan fingerprint density at radius 3 is 2.47 bits per heavy atom. The molecule has 0 aliphatic heterocycles. The second-order valence-electron chi connectivity index (χ2n) is 2.57. The molecule has 0 aliphatic carbocycles. The number of benzene rings is 1. The molecule has 0 atom stereocenters. The van der Waals surface area contributed by atoms with E-state index in [9.17, 15) is 5.11 Å². The summed E-state index contributed by atoms with van der Waals surface area (Å²) in [6, 6.07) is 3.62. The van der Waals surface area contributed by atoms with Gasteiger partial charge in [0.05, 0.1) is 13.4 Å². The number of hydrogen-bond acceptors (Lipinski definition) is 3. The van der Waals surface area contributed by atoms with E-state index in [1.165, 1.54) is 0 Å². The van der Waals surface area contributed by atoms with E-state index in [2.05, 4.69) is 67.9 Å². The summed E-state index contributed by atoms with van der Waals surface area (Å²) in [6.07, 6.45) is 1.59. The van der Waals surface area contributed by atoms with Gasteiger partial charge in [0.25, 0.3) is 0 Å². The maximum Gasteiger partial charge on any atom is 0.184 e. The monoisotopic (exact) mass is 447 g/mol. The average molecular weight is 447 g/mol. The second kappa shape index (κ2) is 5.80. The molecule has 0 saturated carbocycles. The molecule has 0 saturated heterocycles. The Morgan fingerprint density at radius 2 is 2.00 bits per heavy atom. The van der Waals surface area contributed by atoms with Gasteiger partial charge in [0.2, 0.25) is 0 Å². The highest BCUT2D eigenvalue weighted by Gasteiger charge is 2.03. The summed E-state index contributed by atoms with van der Waals surface area (Å²) in [5.41, 5.74) is 8.53. The summed E-state index contributed by atoms with van der Waals surface area (Å²) in [5.74, 6) is 0.288. The van der Waals surface area contributed by atoms with Crippen molar-refractivity contribution >= 4 is 68.7 Å². The first-order valence-corrected chi connectivity index (χ1v) is 6.34. The second-order valence-corrected chi connectivity index (χ2v) is 5.33. The Morgan fingerprint density at radius 1 is 1.47 bits per heavy atom. The zero-order valence-corrected chi connectivity index (χ0v) is 12.5. The van der Waals surface area contributed by atoms with Crippen LogP contribution in [0.3, 0.4) is 0 Å². The lowest BCUT2D eigenvalue weighted by Gasteiger charge is -2.02. The lowest BCUT2D eigenvalue weighted by atomic mass is 10.2. The number of nitrogens with zero attached hydrogens (tertiary/aromatic N) is 1. The number of aromatic hydroxyl groups is 1. The van der Waals surface area contributed by atoms with Gasteiger partial charge in [-0.2, -0.15) is 5.10 Å². The number of hydrogen-bond donors (Lipinski definition) is 3. The van der Waals surface area contributed by atoms with E-state index in [0.29, 0.717) is 0 Å². The Hall–Kier alpha value is -0.160. The summed E-state index contributed by atoms with van der Waals surface area (Å²) in [5, 5.41) is 13.5. The Bertz CT molecular complexity index is 399. The average Bonchev–Trinajstić information content (AvgIpc) is 2.13. The van der Waals surface area contributed by atoms with Crippen LogP contribution >= 0.6 is 57.4 Å². The van der Waals surface area contributed by atoms with Crippen molar-refractivity contribution in [3.63, 3.8) is 0 Å². The van der Waals surface area contributed by atoms with Crippen LogP contribution in [0.1, 0.15) is 5.56 Å². The standard InChI is InChI=1S/C8H7I2N3OS/c9-5-1-4(2-6(10)7(5)14)3-12-13-8(11)15/h1-3,14H,(H3,11,13,15)/b12-3-. The molecule has 0 fully saturated rings. The Labute approximate surface area is 120 Å². The molecule has 80 valence electrons. The van der Waals surface area contributed by atoms with Gasteiger partial charge < -0.3 is 10.8 Å². The van der Waals surface area contributed by atoms with Gasteiger partial charge in [-0.1, -0.05) is 0 Å². The van der Waals surface area contributed by atoms with Crippen LogP contribution in [0.5, 0.6) is 5.75 Å².